The van der Waals surface area contributed by atoms with Crippen molar-refractivity contribution in [3.05, 3.63) is 136 Å². The van der Waals surface area contributed by atoms with Gasteiger partial charge in [0.1, 0.15) is 51.6 Å². The predicted molar refractivity (Wildman–Crippen MR) is 277 cm³/mol. The molecule has 2 aromatic carbocycles. The number of aromatic nitrogens is 4. The number of carbonyl (C=O) groups is 6. The van der Waals surface area contributed by atoms with Crippen LogP contribution in [0.25, 0.3) is 0 Å². The smallest absolute Gasteiger partial charge is 0.355 e. The summed E-state index contributed by atoms with van der Waals surface area (Å²) < 4.78 is 18.9. The van der Waals surface area contributed by atoms with E-state index in [1.165, 1.54) is 126 Å². The Hall–Kier alpha value is -6.18. The number of amides is 2. The fourth-order valence-electron chi connectivity index (χ4n) is 11.6. The summed E-state index contributed by atoms with van der Waals surface area (Å²) in [5, 5.41) is 33.0. The molecule has 10 aliphatic rings. The van der Waals surface area contributed by atoms with Crippen LogP contribution in [0, 0.1) is 20.2 Å². The number of halogens is 2. The highest BCUT2D eigenvalue weighted by molar-refractivity contribution is 9.10. The number of fused-ring (bicyclic) bond motifs is 6. The summed E-state index contributed by atoms with van der Waals surface area (Å²) in [6.45, 7) is 1.19. The number of nitro groups is 2. The van der Waals surface area contributed by atoms with E-state index < -0.39 is 49.5 Å². The summed E-state index contributed by atoms with van der Waals surface area (Å²) in [6, 6.07) is 11.4. The third-order valence-electron chi connectivity index (χ3n) is 15.1. The Morgan fingerprint density at radius 1 is 0.747 bits per heavy atom. The molecule has 4 fully saturated rings. The SMILES string of the molecule is CC(=O)OC(c1nn(C)c2c1C1CCC2CC1)C1(Br)C(=O)N2C(C(=O)OCc3ccc([N+](=O)[O-])cc3)=CS[C@@H]21.Cn1nc(C=O)c2c1C1CCC2CC1.O=C(OCc1ccc([N+](=O)[O-])cc1)C1=CS[C@@H]2[C@@H](Br)C(=O)N12. The molecule has 2 unspecified atom stereocenters. The van der Waals surface area contributed by atoms with Gasteiger partial charge in [-0.1, -0.05) is 31.9 Å². The van der Waals surface area contributed by atoms with Gasteiger partial charge in [0.25, 0.3) is 17.3 Å². The normalized spacial score (nSPS) is 26.2. The molecule has 75 heavy (non-hydrogen) atoms. The summed E-state index contributed by atoms with van der Waals surface area (Å²) in [5.74, 6) is -0.364. The zero-order valence-electron chi connectivity index (χ0n) is 40.5. The number of non-ortho nitro benzene ring substituents is 2. The highest BCUT2D eigenvalue weighted by Crippen LogP contribution is 2.60. The van der Waals surface area contributed by atoms with Crippen molar-refractivity contribution in [3.63, 3.8) is 0 Å². The predicted octanol–water partition coefficient (Wildman–Crippen LogP) is 8.47. The summed E-state index contributed by atoms with van der Waals surface area (Å²) in [6.07, 6.45) is 9.34. The molecule has 2 saturated carbocycles. The Kier molecular flexibility index (Phi) is 14.5. The number of alkyl halides is 2. The number of β-lactam (4-membered cyclic amide) rings is 2. The highest BCUT2D eigenvalue weighted by Gasteiger charge is 2.70. The van der Waals surface area contributed by atoms with Crippen molar-refractivity contribution in [3.8, 4) is 0 Å². The zero-order chi connectivity index (χ0) is 53.2. The average molecular weight is 1190 g/mol. The van der Waals surface area contributed by atoms with Crippen LogP contribution in [0.4, 0.5) is 11.4 Å². The first-order valence-corrected chi connectivity index (χ1v) is 27.8. The number of nitro benzene ring substituents is 2. The van der Waals surface area contributed by atoms with Crippen LogP contribution >= 0.6 is 55.4 Å². The lowest BCUT2D eigenvalue weighted by Gasteiger charge is -2.51. The van der Waals surface area contributed by atoms with Gasteiger partial charge in [0.15, 0.2) is 16.7 Å². The maximum atomic E-state index is 13.7. The minimum absolute atomic E-state index is 0.0106. The Labute approximate surface area is 453 Å². The number of aryl methyl sites for hydroxylation is 2. The van der Waals surface area contributed by atoms with Gasteiger partial charge >= 0.3 is 17.9 Å². The monoisotopic (exact) mass is 1190 g/mol. The van der Waals surface area contributed by atoms with Crippen LogP contribution in [0.1, 0.15) is 138 Å². The first-order valence-electron chi connectivity index (χ1n) is 24.2. The van der Waals surface area contributed by atoms with Gasteiger partial charge in [0.2, 0.25) is 5.91 Å². The Morgan fingerprint density at radius 3 is 1.72 bits per heavy atom. The topological polar surface area (TPSA) is 259 Å². The maximum Gasteiger partial charge on any atom is 0.355 e. The van der Waals surface area contributed by atoms with Crippen molar-refractivity contribution < 1.29 is 52.8 Å². The lowest BCUT2D eigenvalue weighted by Crippen LogP contribution is -2.70. The van der Waals surface area contributed by atoms with Gasteiger partial charge in [-0.05, 0) is 98.6 Å². The van der Waals surface area contributed by atoms with E-state index in [0.717, 1.165) is 43.2 Å². The van der Waals surface area contributed by atoms with Gasteiger partial charge < -0.3 is 14.2 Å². The highest BCUT2D eigenvalue weighted by atomic mass is 79.9. The van der Waals surface area contributed by atoms with E-state index in [9.17, 15) is 49.0 Å². The van der Waals surface area contributed by atoms with Crippen LogP contribution in [0.3, 0.4) is 0 Å². The lowest BCUT2D eigenvalue weighted by molar-refractivity contribution is -0.385. The number of ether oxygens (including phenoxy) is 3. The number of hydrogen-bond acceptors (Lipinski definition) is 17. The summed E-state index contributed by atoms with van der Waals surface area (Å²) in [5.41, 5.74) is 7.61. The van der Waals surface area contributed by atoms with Gasteiger partial charge in [0, 0.05) is 90.5 Å². The molecule has 14 rings (SSSR count). The quantitative estimate of drug-likeness (QED) is 0.0245. The standard InChI is InChI=1S/C26H25BrN4O7S.C13H9BrN2O5S.C11H14N2O/c1-13(32)38-22(20-19-15-5-7-16(8-6-15)21(19)29(2)28-20)26(27)24(34)30-18(12-39-25(26)30)23(33)37-11-14-3-9-17(10-4-14)31(35)36;14-10-11(17)15-9(6-22-12(10)15)13(18)21-5-7-1-3-8(4-2-7)16(19)20;1-13-11-8-4-2-7(3-5-8)10(11)9(6-14)12-13/h3-4,9-10,12,15-16,22,25H,5-8,11H2,1-2H3;1-4,6,10,12H,5H2;6-8H,2-5H2,1H3/t15?,16?,22?,25-,26?;10-,12+;/m10./s1. The van der Waals surface area contributed by atoms with E-state index in [-0.39, 0.29) is 52.1 Å². The molecular weight excluding hydrogens is 1140 g/mol. The minimum atomic E-state index is -1.31. The number of benzene rings is 2. The van der Waals surface area contributed by atoms with Crippen molar-refractivity contribution >= 4 is 103 Å². The molecule has 2 saturated heterocycles. The van der Waals surface area contributed by atoms with Gasteiger partial charge in [-0.2, -0.15) is 10.2 Å². The average Bonchev–Trinajstić information content (AvgIpc) is 4.26. The summed E-state index contributed by atoms with van der Waals surface area (Å²) in [7, 11) is 3.86. The Balaban J connectivity index is 0.000000148. The van der Waals surface area contributed by atoms with Crippen LogP contribution in [-0.4, -0.2) is 95.1 Å². The third kappa shape index (κ3) is 9.29. The van der Waals surface area contributed by atoms with E-state index >= 15 is 0 Å². The molecule has 2 amide bonds. The second kappa shape index (κ2) is 20.7. The Morgan fingerprint density at radius 2 is 1.21 bits per heavy atom. The van der Waals surface area contributed by atoms with Crippen molar-refractivity contribution in [2.45, 2.75) is 121 Å². The molecule has 4 aromatic rings. The van der Waals surface area contributed by atoms with Gasteiger partial charge in [-0.15, -0.1) is 23.5 Å². The number of esters is 3. The van der Waals surface area contributed by atoms with E-state index in [4.69, 9.17) is 19.3 Å². The third-order valence-corrected chi connectivity index (χ3v) is 20.2. The largest absolute Gasteiger partial charge is 0.456 e. The number of nitrogens with zero attached hydrogens (tertiary/aromatic N) is 8. The fourth-order valence-corrected chi connectivity index (χ4v) is 15.7. The molecule has 4 aliphatic heterocycles. The fraction of sp³-hybridized carbons (Fsp3) is 0.440. The van der Waals surface area contributed by atoms with E-state index in [0.29, 0.717) is 46.2 Å². The second-order valence-electron chi connectivity index (χ2n) is 19.4. The number of thioether (sulfide) groups is 2. The lowest BCUT2D eigenvalue weighted by atomic mass is 9.68. The molecule has 0 N–H and O–H groups in total. The molecule has 25 heteroatoms. The van der Waals surface area contributed by atoms with Crippen LogP contribution in [0.15, 0.2) is 70.7 Å². The number of aldehydes is 1. The summed E-state index contributed by atoms with van der Waals surface area (Å²) >= 11 is 9.56. The molecule has 392 valence electrons. The molecule has 6 aliphatic carbocycles. The molecule has 6 heterocycles. The number of carbonyl (C=O) groups excluding carboxylic acids is 6. The molecule has 4 bridgehead atoms. The van der Waals surface area contributed by atoms with E-state index in [2.05, 4.69) is 37.0 Å². The Bertz CT molecular complexity index is 3110. The molecule has 2 aromatic heterocycles. The van der Waals surface area contributed by atoms with E-state index in [1.807, 2.05) is 23.5 Å². The van der Waals surface area contributed by atoms with Crippen molar-refractivity contribution in [1.82, 2.24) is 29.4 Å². The maximum absolute atomic E-state index is 13.7. The zero-order valence-corrected chi connectivity index (χ0v) is 45.3. The molecule has 0 radical (unpaired) electrons. The van der Waals surface area contributed by atoms with Gasteiger partial charge in [-0.25, -0.2) is 9.59 Å². The van der Waals surface area contributed by atoms with Gasteiger partial charge in [-0.3, -0.25) is 58.6 Å². The first-order chi connectivity index (χ1) is 35.9. The molecule has 5 atom stereocenters. The molecule has 21 nitrogen and oxygen atoms in total. The molecule has 0 spiro atoms. The number of rotatable bonds is 12. The molecular formula is C50H48Br2N8O13S2. The van der Waals surface area contributed by atoms with Crippen LogP contribution < -0.4 is 0 Å². The first kappa shape index (κ1) is 52.3. The van der Waals surface area contributed by atoms with E-state index in [1.54, 1.807) is 10.8 Å². The van der Waals surface area contributed by atoms with Crippen molar-refractivity contribution in [2.75, 3.05) is 0 Å². The summed E-state index contributed by atoms with van der Waals surface area (Å²) in [4.78, 5) is 96.4. The van der Waals surface area contributed by atoms with Crippen LogP contribution in [-0.2, 0) is 65.5 Å². The van der Waals surface area contributed by atoms with Crippen LogP contribution in [0.2, 0.25) is 0 Å². The van der Waals surface area contributed by atoms with Gasteiger partial charge in [0.05, 0.1) is 9.85 Å². The number of hydrogen-bond donors (Lipinski definition) is 0. The minimum Gasteiger partial charge on any atom is -0.456 e. The van der Waals surface area contributed by atoms with Crippen molar-refractivity contribution in [1.29, 1.82) is 0 Å². The second-order valence-corrected chi connectivity index (χ2v) is 23.6. The van der Waals surface area contributed by atoms with Crippen LogP contribution in [0.5, 0.6) is 0 Å². The van der Waals surface area contributed by atoms with Crippen molar-refractivity contribution in [2.24, 2.45) is 14.1 Å².